The second-order valence-corrected chi connectivity index (χ2v) is 7.98. The first-order valence-corrected chi connectivity index (χ1v) is 10.4. The molecule has 0 saturated carbocycles. The molecule has 6 heteroatoms. The molecule has 0 heterocycles. The number of hydrogen-bond acceptors (Lipinski definition) is 6. The summed E-state index contributed by atoms with van der Waals surface area (Å²) in [4.78, 5) is 30.4. The standard InChI is InChI=1S/C24H28O6/c1-4-5-6-9-17-12-13-21-19(14-17)22(25)18-10-7-8-11-20(18)24(21,30-27)29-23(26)28-15-16(2)3/h7-8,10-14,16,27H,4-6,9,15H2,1-3H3. The molecule has 0 spiro atoms. The highest BCUT2D eigenvalue weighted by molar-refractivity contribution is 6.13. The summed E-state index contributed by atoms with van der Waals surface area (Å²) in [6.45, 7) is 6.09. The molecule has 0 amide bonds. The molecule has 0 aromatic heterocycles. The third kappa shape index (κ3) is 4.25. The highest BCUT2D eigenvalue weighted by Crippen LogP contribution is 2.43. The topological polar surface area (TPSA) is 82.1 Å². The van der Waals surface area contributed by atoms with Crippen LogP contribution in [0.4, 0.5) is 4.79 Å². The van der Waals surface area contributed by atoms with Gasteiger partial charge in [-0.3, -0.25) is 4.79 Å². The Morgan fingerprint density at radius 1 is 1.07 bits per heavy atom. The number of hydrogen-bond donors (Lipinski definition) is 1. The largest absolute Gasteiger partial charge is 0.511 e. The number of rotatable bonds is 8. The van der Waals surface area contributed by atoms with Gasteiger partial charge in [-0.25, -0.2) is 10.1 Å². The molecule has 0 saturated heterocycles. The van der Waals surface area contributed by atoms with Crippen molar-refractivity contribution in [2.45, 2.75) is 52.2 Å². The second kappa shape index (κ2) is 9.41. The average molecular weight is 412 g/mol. The van der Waals surface area contributed by atoms with E-state index in [-0.39, 0.29) is 29.4 Å². The Labute approximate surface area is 176 Å². The molecular weight excluding hydrogens is 384 g/mol. The molecule has 1 aliphatic carbocycles. The van der Waals surface area contributed by atoms with Crippen LogP contribution in [-0.4, -0.2) is 23.8 Å². The number of aryl methyl sites for hydroxylation is 1. The molecule has 30 heavy (non-hydrogen) atoms. The lowest BCUT2D eigenvalue weighted by molar-refractivity contribution is -0.383. The van der Waals surface area contributed by atoms with E-state index in [1.807, 2.05) is 19.9 Å². The normalized spacial score (nSPS) is 17.4. The monoisotopic (exact) mass is 412 g/mol. The minimum absolute atomic E-state index is 0.113. The van der Waals surface area contributed by atoms with Crippen LogP contribution in [0.3, 0.4) is 0 Å². The zero-order valence-electron chi connectivity index (χ0n) is 17.6. The number of carbonyl (C=O) groups is 2. The number of ether oxygens (including phenoxy) is 2. The van der Waals surface area contributed by atoms with Crippen molar-refractivity contribution in [1.82, 2.24) is 0 Å². The van der Waals surface area contributed by atoms with Crippen LogP contribution in [0, 0.1) is 5.92 Å². The van der Waals surface area contributed by atoms with Crippen LogP contribution in [-0.2, 0) is 26.6 Å². The average Bonchev–Trinajstić information content (AvgIpc) is 2.75. The van der Waals surface area contributed by atoms with Crippen molar-refractivity contribution in [3.63, 3.8) is 0 Å². The summed E-state index contributed by atoms with van der Waals surface area (Å²) >= 11 is 0. The van der Waals surface area contributed by atoms with Crippen molar-refractivity contribution in [1.29, 1.82) is 0 Å². The number of carbonyl (C=O) groups excluding carboxylic acids is 2. The van der Waals surface area contributed by atoms with E-state index < -0.39 is 11.9 Å². The first kappa shape index (κ1) is 22.0. The highest BCUT2D eigenvalue weighted by Gasteiger charge is 2.49. The summed E-state index contributed by atoms with van der Waals surface area (Å²) in [5, 5.41) is 9.95. The predicted molar refractivity (Wildman–Crippen MR) is 111 cm³/mol. The van der Waals surface area contributed by atoms with Crippen LogP contribution in [0.2, 0.25) is 0 Å². The van der Waals surface area contributed by atoms with Gasteiger partial charge in [-0.2, -0.15) is 4.89 Å². The third-order valence-electron chi connectivity index (χ3n) is 5.17. The Hall–Kier alpha value is -2.70. The number of unbranched alkanes of at least 4 members (excludes halogenated alkanes) is 2. The fourth-order valence-electron chi connectivity index (χ4n) is 3.67. The van der Waals surface area contributed by atoms with Gasteiger partial charge in [-0.15, -0.1) is 0 Å². The molecule has 0 bridgehead atoms. The lowest BCUT2D eigenvalue weighted by atomic mass is 9.79. The number of benzene rings is 2. The first-order chi connectivity index (χ1) is 14.4. The van der Waals surface area contributed by atoms with Crippen LogP contribution in [0.25, 0.3) is 0 Å². The van der Waals surface area contributed by atoms with E-state index in [1.165, 1.54) is 0 Å². The van der Waals surface area contributed by atoms with Gasteiger partial charge in [0.2, 0.25) is 0 Å². The Balaban J connectivity index is 2.05. The van der Waals surface area contributed by atoms with Crippen LogP contribution in [0.1, 0.15) is 72.6 Å². The van der Waals surface area contributed by atoms with Gasteiger partial charge < -0.3 is 9.47 Å². The Morgan fingerprint density at radius 3 is 2.50 bits per heavy atom. The second-order valence-electron chi connectivity index (χ2n) is 7.98. The smallest absolute Gasteiger partial charge is 0.434 e. The maximum Gasteiger partial charge on any atom is 0.511 e. The predicted octanol–water partition coefficient (Wildman–Crippen LogP) is 5.46. The molecule has 160 valence electrons. The van der Waals surface area contributed by atoms with E-state index in [4.69, 9.17) is 14.4 Å². The summed E-state index contributed by atoms with van der Waals surface area (Å²) in [5.74, 6) is -2.07. The molecule has 0 aliphatic heterocycles. The molecule has 3 rings (SSSR count). The summed E-state index contributed by atoms with van der Waals surface area (Å²) in [6, 6.07) is 12.0. The summed E-state index contributed by atoms with van der Waals surface area (Å²) in [6.07, 6.45) is 3.06. The molecule has 0 radical (unpaired) electrons. The number of fused-ring (bicyclic) bond motifs is 2. The van der Waals surface area contributed by atoms with Crippen molar-refractivity contribution < 1.29 is 29.2 Å². The SMILES string of the molecule is CCCCCc1ccc2c(c1)C(=O)c1ccccc1C2(OO)OC(=O)OCC(C)C. The zero-order valence-corrected chi connectivity index (χ0v) is 17.6. The summed E-state index contributed by atoms with van der Waals surface area (Å²) < 4.78 is 10.7. The third-order valence-corrected chi connectivity index (χ3v) is 5.17. The fourth-order valence-corrected chi connectivity index (χ4v) is 3.67. The zero-order chi connectivity index (χ0) is 21.7. The van der Waals surface area contributed by atoms with Gasteiger partial charge in [0, 0.05) is 22.3 Å². The Kier molecular flexibility index (Phi) is 6.90. The van der Waals surface area contributed by atoms with Crippen molar-refractivity contribution in [3.8, 4) is 0 Å². The van der Waals surface area contributed by atoms with Crippen molar-refractivity contribution >= 4 is 11.9 Å². The molecule has 1 aliphatic rings. The van der Waals surface area contributed by atoms with Crippen LogP contribution >= 0.6 is 0 Å². The minimum atomic E-state index is -1.98. The Morgan fingerprint density at radius 2 is 1.80 bits per heavy atom. The fraction of sp³-hybridized carbons (Fsp3) is 0.417. The van der Waals surface area contributed by atoms with E-state index in [9.17, 15) is 14.8 Å². The summed E-state index contributed by atoms with van der Waals surface area (Å²) in [7, 11) is 0. The van der Waals surface area contributed by atoms with E-state index in [0.29, 0.717) is 11.1 Å². The molecule has 0 fully saturated rings. The molecular formula is C24H28O6. The van der Waals surface area contributed by atoms with Crippen LogP contribution in [0.5, 0.6) is 0 Å². The number of ketones is 1. The molecule has 1 unspecified atom stereocenters. The van der Waals surface area contributed by atoms with Crippen molar-refractivity contribution in [3.05, 3.63) is 70.3 Å². The molecule has 2 aromatic rings. The molecule has 1 atom stereocenters. The minimum Gasteiger partial charge on any atom is -0.434 e. The van der Waals surface area contributed by atoms with Gasteiger partial charge in [-0.1, -0.05) is 70.0 Å². The molecule has 6 nitrogen and oxygen atoms in total. The van der Waals surface area contributed by atoms with E-state index in [0.717, 1.165) is 31.2 Å². The Bertz CT molecular complexity index is 920. The molecule has 2 aromatic carbocycles. The van der Waals surface area contributed by atoms with Gasteiger partial charge in [0.25, 0.3) is 0 Å². The van der Waals surface area contributed by atoms with Crippen LogP contribution in [0.15, 0.2) is 42.5 Å². The quantitative estimate of drug-likeness (QED) is 0.204. The van der Waals surface area contributed by atoms with Crippen molar-refractivity contribution in [2.24, 2.45) is 5.92 Å². The van der Waals surface area contributed by atoms with Gasteiger partial charge >= 0.3 is 11.9 Å². The maximum absolute atomic E-state index is 13.2. The van der Waals surface area contributed by atoms with Gasteiger partial charge in [0.15, 0.2) is 5.78 Å². The van der Waals surface area contributed by atoms with E-state index in [2.05, 4.69) is 6.92 Å². The van der Waals surface area contributed by atoms with E-state index in [1.54, 1.807) is 36.4 Å². The van der Waals surface area contributed by atoms with Gasteiger partial charge in [-0.05, 0) is 30.4 Å². The highest BCUT2D eigenvalue weighted by atomic mass is 17.2. The molecule has 1 N–H and O–H groups in total. The first-order valence-electron chi connectivity index (χ1n) is 10.4. The van der Waals surface area contributed by atoms with Crippen molar-refractivity contribution in [2.75, 3.05) is 6.61 Å². The maximum atomic E-state index is 13.2. The lowest BCUT2D eigenvalue weighted by Crippen LogP contribution is -2.42. The van der Waals surface area contributed by atoms with Gasteiger partial charge in [0.05, 0.1) is 6.61 Å². The van der Waals surface area contributed by atoms with Crippen LogP contribution < -0.4 is 0 Å². The lowest BCUT2D eigenvalue weighted by Gasteiger charge is -2.36. The van der Waals surface area contributed by atoms with Gasteiger partial charge in [0.1, 0.15) is 0 Å². The van der Waals surface area contributed by atoms with E-state index >= 15 is 0 Å². The summed E-state index contributed by atoms with van der Waals surface area (Å²) in [5.41, 5.74) is 2.18.